The number of anilines is 2. The van der Waals surface area contributed by atoms with Crippen LogP contribution in [0.2, 0.25) is 5.02 Å². The topological polar surface area (TPSA) is 76.4 Å². The van der Waals surface area contributed by atoms with Gasteiger partial charge in [0.25, 0.3) is 0 Å². The first-order valence-corrected chi connectivity index (χ1v) is 6.69. The van der Waals surface area contributed by atoms with Crippen LogP contribution in [0, 0.1) is 0 Å². The Morgan fingerprint density at radius 2 is 2.10 bits per heavy atom. The third-order valence-electron chi connectivity index (χ3n) is 2.83. The number of benzene rings is 2. The molecule has 0 saturated carbocycles. The van der Waals surface area contributed by atoms with Crippen molar-refractivity contribution in [3.05, 3.63) is 53.1 Å². The van der Waals surface area contributed by atoms with E-state index in [0.29, 0.717) is 22.9 Å². The number of methoxy groups -OCH3 is 1. The van der Waals surface area contributed by atoms with E-state index in [2.05, 4.69) is 10.6 Å². The Kier molecular flexibility index (Phi) is 4.90. The average Bonchev–Trinajstić information content (AvgIpc) is 2.48. The number of nitrogen functional groups attached to an aromatic ring is 1. The van der Waals surface area contributed by atoms with Crippen LogP contribution in [0.5, 0.6) is 5.75 Å². The molecule has 2 aromatic carbocycles. The summed E-state index contributed by atoms with van der Waals surface area (Å²) in [4.78, 5) is 11.8. The molecule has 0 aliphatic carbocycles. The maximum absolute atomic E-state index is 11.8. The van der Waals surface area contributed by atoms with Crippen LogP contribution < -0.4 is 21.1 Å². The van der Waals surface area contributed by atoms with Crippen molar-refractivity contribution >= 4 is 29.0 Å². The van der Waals surface area contributed by atoms with E-state index in [1.807, 2.05) is 24.3 Å². The minimum atomic E-state index is -0.343. The van der Waals surface area contributed by atoms with Gasteiger partial charge in [-0.25, -0.2) is 4.79 Å². The van der Waals surface area contributed by atoms with Gasteiger partial charge in [0.2, 0.25) is 0 Å². The lowest BCUT2D eigenvalue weighted by Gasteiger charge is -2.10. The van der Waals surface area contributed by atoms with Gasteiger partial charge >= 0.3 is 6.03 Å². The highest BCUT2D eigenvalue weighted by atomic mass is 35.5. The van der Waals surface area contributed by atoms with Gasteiger partial charge in [0.15, 0.2) is 0 Å². The van der Waals surface area contributed by atoms with Gasteiger partial charge in [-0.3, -0.25) is 0 Å². The number of carbonyl (C=O) groups excluding carboxylic acids is 1. The second-order valence-corrected chi connectivity index (χ2v) is 4.81. The van der Waals surface area contributed by atoms with Gasteiger partial charge in [-0.15, -0.1) is 0 Å². The van der Waals surface area contributed by atoms with Gasteiger partial charge in [-0.1, -0.05) is 23.7 Å². The number of urea groups is 1. The third-order valence-corrected chi connectivity index (χ3v) is 3.14. The Labute approximate surface area is 128 Å². The number of nitrogens with two attached hydrogens (primary N) is 1. The number of nitrogens with one attached hydrogen (secondary N) is 2. The number of hydrogen-bond donors (Lipinski definition) is 3. The number of hydrogen-bond acceptors (Lipinski definition) is 3. The molecule has 2 amide bonds. The lowest BCUT2D eigenvalue weighted by molar-refractivity contribution is 0.251. The fourth-order valence-corrected chi connectivity index (χ4v) is 2.00. The summed E-state index contributed by atoms with van der Waals surface area (Å²) < 4.78 is 5.13. The summed E-state index contributed by atoms with van der Waals surface area (Å²) in [6.07, 6.45) is 0. The van der Waals surface area contributed by atoms with Gasteiger partial charge < -0.3 is 21.1 Å². The highest BCUT2D eigenvalue weighted by Gasteiger charge is 2.06. The molecule has 2 aromatic rings. The van der Waals surface area contributed by atoms with Crippen molar-refractivity contribution in [1.82, 2.24) is 5.32 Å². The van der Waals surface area contributed by atoms with Crippen molar-refractivity contribution in [2.75, 3.05) is 18.2 Å². The first-order valence-electron chi connectivity index (χ1n) is 6.31. The predicted octanol–water partition coefficient (Wildman–Crippen LogP) is 3.25. The molecule has 0 bridgehead atoms. The van der Waals surface area contributed by atoms with Gasteiger partial charge in [0, 0.05) is 12.2 Å². The van der Waals surface area contributed by atoms with E-state index in [1.165, 1.54) is 0 Å². The number of carbonyl (C=O) groups is 1. The largest absolute Gasteiger partial charge is 0.497 e. The molecule has 0 saturated heterocycles. The molecule has 0 aromatic heterocycles. The van der Waals surface area contributed by atoms with Crippen molar-refractivity contribution in [2.24, 2.45) is 0 Å². The molecule has 2 rings (SSSR count). The summed E-state index contributed by atoms with van der Waals surface area (Å²) >= 11 is 5.99. The maximum Gasteiger partial charge on any atom is 0.319 e. The quantitative estimate of drug-likeness (QED) is 0.759. The van der Waals surface area contributed by atoms with Crippen LogP contribution in [-0.2, 0) is 6.54 Å². The SMILES string of the molecule is COc1cccc(CNC(=O)Nc2ccc(N)cc2Cl)c1. The Bertz CT molecular complexity index is 647. The highest BCUT2D eigenvalue weighted by molar-refractivity contribution is 6.34. The van der Waals surface area contributed by atoms with E-state index in [0.717, 1.165) is 11.3 Å². The Morgan fingerprint density at radius 3 is 2.81 bits per heavy atom. The van der Waals surface area contributed by atoms with E-state index < -0.39 is 0 Å². The van der Waals surface area contributed by atoms with Crippen molar-refractivity contribution in [1.29, 1.82) is 0 Å². The second kappa shape index (κ2) is 6.85. The Hall–Kier alpha value is -2.40. The van der Waals surface area contributed by atoms with Gasteiger partial charge in [-0.2, -0.15) is 0 Å². The van der Waals surface area contributed by atoms with Gasteiger partial charge in [0.05, 0.1) is 17.8 Å². The number of ether oxygens (including phenoxy) is 1. The molecule has 21 heavy (non-hydrogen) atoms. The summed E-state index contributed by atoms with van der Waals surface area (Å²) in [5, 5.41) is 5.81. The zero-order chi connectivity index (χ0) is 15.2. The molecule has 0 aliphatic rings. The molecular weight excluding hydrogens is 290 g/mol. The van der Waals surface area contributed by atoms with Crippen molar-refractivity contribution in [2.45, 2.75) is 6.54 Å². The van der Waals surface area contributed by atoms with E-state index in [9.17, 15) is 4.79 Å². The van der Waals surface area contributed by atoms with E-state index in [4.69, 9.17) is 22.1 Å². The number of amides is 2. The van der Waals surface area contributed by atoms with E-state index >= 15 is 0 Å². The molecule has 0 atom stereocenters. The normalized spacial score (nSPS) is 10.0. The van der Waals surface area contributed by atoms with Gasteiger partial charge in [-0.05, 0) is 35.9 Å². The van der Waals surface area contributed by atoms with Crippen LogP contribution in [0.15, 0.2) is 42.5 Å². The van der Waals surface area contributed by atoms with Crippen LogP contribution in [-0.4, -0.2) is 13.1 Å². The fraction of sp³-hybridized carbons (Fsp3) is 0.133. The fourth-order valence-electron chi connectivity index (χ4n) is 1.76. The van der Waals surface area contributed by atoms with Crippen LogP contribution in [0.25, 0.3) is 0 Å². The molecule has 0 unspecified atom stereocenters. The summed E-state index contributed by atoms with van der Waals surface area (Å²) in [7, 11) is 1.60. The van der Waals surface area contributed by atoms with Crippen LogP contribution >= 0.6 is 11.6 Å². The summed E-state index contributed by atoms with van der Waals surface area (Å²) in [6, 6.07) is 12.0. The Morgan fingerprint density at radius 1 is 1.29 bits per heavy atom. The molecule has 0 fully saturated rings. The standard InChI is InChI=1S/C15H16ClN3O2/c1-21-12-4-2-3-10(7-12)9-18-15(20)19-14-6-5-11(17)8-13(14)16/h2-8H,9,17H2,1H3,(H2,18,19,20). The molecular formula is C15H16ClN3O2. The van der Waals surface area contributed by atoms with E-state index in [1.54, 1.807) is 25.3 Å². The smallest absolute Gasteiger partial charge is 0.319 e. The van der Waals surface area contributed by atoms with Crippen molar-refractivity contribution in [3.63, 3.8) is 0 Å². The van der Waals surface area contributed by atoms with Crippen molar-refractivity contribution < 1.29 is 9.53 Å². The van der Waals surface area contributed by atoms with Crippen molar-refractivity contribution in [3.8, 4) is 5.75 Å². The van der Waals surface area contributed by atoms with E-state index in [-0.39, 0.29) is 6.03 Å². The summed E-state index contributed by atoms with van der Waals surface area (Å²) in [6.45, 7) is 0.385. The lowest BCUT2D eigenvalue weighted by atomic mass is 10.2. The molecule has 0 heterocycles. The van der Waals surface area contributed by atoms with Crippen LogP contribution in [0.4, 0.5) is 16.2 Å². The zero-order valence-corrected chi connectivity index (χ0v) is 12.3. The second-order valence-electron chi connectivity index (χ2n) is 4.40. The molecule has 0 aliphatic heterocycles. The zero-order valence-electron chi connectivity index (χ0n) is 11.5. The maximum atomic E-state index is 11.8. The number of rotatable bonds is 4. The van der Waals surface area contributed by atoms with Crippen LogP contribution in [0.1, 0.15) is 5.56 Å². The molecule has 4 N–H and O–H groups in total. The molecule has 5 nitrogen and oxygen atoms in total. The lowest BCUT2D eigenvalue weighted by Crippen LogP contribution is -2.28. The first-order chi connectivity index (χ1) is 10.1. The minimum absolute atomic E-state index is 0.343. The first kappa shape index (κ1) is 15.0. The Balaban J connectivity index is 1.92. The summed E-state index contributed by atoms with van der Waals surface area (Å²) in [5.41, 5.74) is 7.59. The highest BCUT2D eigenvalue weighted by Crippen LogP contribution is 2.23. The molecule has 110 valence electrons. The van der Waals surface area contributed by atoms with Crippen LogP contribution in [0.3, 0.4) is 0 Å². The number of halogens is 1. The average molecular weight is 306 g/mol. The molecule has 0 radical (unpaired) electrons. The predicted molar refractivity (Wildman–Crippen MR) is 84.7 cm³/mol. The third kappa shape index (κ3) is 4.29. The van der Waals surface area contributed by atoms with Gasteiger partial charge in [0.1, 0.15) is 5.75 Å². The molecule has 0 spiro atoms. The monoisotopic (exact) mass is 305 g/mol. The molecule has 6 heteroatoms. The summed E-state index contributed by atoms with van der Waals surface area (Å²) in [5.74, 6) is 0.747. The minimum Gasteiger partial charge on any atom is -0.497 e.